The predicted octanol–water partition coefficient (Wildman–Crippen LogP) is 3.94. The van der Waals surface area contributed by atoms with Gasteiger partial charge in [-0.1, -0.05) is 11.1 Å². The number of alkyl halides is 3. The molecule has 1 aromatic rings. The number of allylic oxidation sites excluding steroid dienone is 2. The lowest BCUT2D eigenvalue weighted by Gasteiger charge is -2.23. The van der Waals surface area contributed by atoms with Gasteiger partial charge in [-0.25, -0.2) is 0 Å². The topological polar surface area (TPSA) is 37.4 Å². The van der Waals surface area contributed by atoms with Crippen LogP contribution in [0.15, 0.2) is 35.4 Å². The minimum Gasteiger partial charge on any atom is -0.274 e. The maximum atomic E-state index is 12.6. The standard InChI is InChI=1S/C17H16F3NO2/c1-9-7-13-14(8-10(9)2)16(23)21(15(13)22)12-5-3-11(4-6-12)17(18,19)20/h3-6,13-14H,7-8H2,1-2H3/t13-,14+. The largest absolute Gasteiger partial charge is 0.416 e. The van der Waals surface area contributed by atoms with Crippen LogP contribution in [0.3, 0.4) is 0 Å². The molecule has 0 radical (unpaired) electrons. The summed E-state index contributed by atoms with van der Waals surface area (Å²) in [6.45, 7) is 3.90. The van der Waals surface area contributed by atoms with Gasteiger partial charge in [-0.2, -0.15) is 13.2 Å². The van der Waals surface area contributed by atoms with E-state index in [1.807, 2.05) is 13.8 Å². The Kier molecular flexibility index (Phi) is 3.58. The smallest absolute Gasteiger partial charge is 0.274 e. The number of nitrogens with zero attached hydrogens (tertiary/aromatic N) is 1. The quantitative estimate of drug-likeness (QED) is 0.580. The van der Waals surface area contributed by atoms with Crippen LogP contribution in [0.2, 0.25) is 0 Å². The second-order valence-electron chi connectivity index (χ2n) is 6.24. The first-order valence-electron chi connectivity index (χ1n) is 7.40. The molecule has 1 aromatic carbocycles. The number of amides is 2. The number of benzene rings is 1. The Labute approximate surface area is 131 Å². The first-order valence-corrected chi connectivity index (χ1v) is 7.40. The van der Waals surface area contributed by atoms with Gasteiger partial charge in [0, 0.05) is 0 Å². The maximum Gasteiger partial charge on any atom is 0.416 e. The minimum absolute atomic E-state index is 0.206. The van der Waals surface area contributed by atoms with Crippen molar-refractivity contribution in [3.05, 3.63) is 41.0 Å². The van der Waals surface area contributed by atoms with Crippen molar-refractivity contribution in [2.24, 2.45) is 11.8 Å². The summed E-state index contributed by atoms with van der Waals surface area (Å²) >= 11 is 0. The van der Waals surface area contributed by atoms with E-state index in [-0.39, 0.29) is 17.5 Å². The third-order valence-corrected chi connectivity index (χ3v) is 4.79. The van der Waals surface area contributed by atoms with Crippen LogP contribution < -0.4 is 4.90 Å². The van der Waals surface area contributed by atoms with Crippen molar-refractivity contribution in [2.45, 2.75) is 32.9 Å². The molecule has 2 atom stereocenters. The van der Waals surface area contributed by atoms with E-state index in [4.69, 9.17) is 0 Å². The molecule has 2 aliphatic rings. The van der Waals surface area contributed by atoms with E-state index in [1.54, 1.807) is 0 Å². The van der Waals surface area contributed by atoms with Gasteiger partial charge in [-0.05, 0) is 51.0 Å². The van der Waals surface area contributed by atoms with Gasteiger partial charge >= 0.3 is 6.18 Å². The fourth-order valence-corrected chi connectivity index (χ4v) is 3.31. The van der Waals surface area contributed by atoms with E-state index < -0.39 is 23.6 Å². The van der Waals surface area contributed by atoms with E-state index in [9.17, 15) is 22.8 Å². The van der Waals surface area contributed by atoms with Crippen molar-refractivity contribution < 1.29 is 22.8 Å². The monoisotopic (exact) mass is 323 g/mol. The number of halogens is 3. The SMILES string of the molecule is CC1=C(C)C[C@H]2C(=O)N(c3ccc(C(F)(F)F)cc3)C(=O)[C@H]2C1. The Morgan fingerprint density at radius 1 is 0.913 bits per heavy atom. The maximum absolute atomic E-state index is 12.6. The van der Waals surface area contributed by atoms with Crippen molar-refractivity contribution in [1.82, 2.24) is 0 Å². The summed E-state index contributed by atoms with van der Waals surface area (Å²) in [5.74, 6) is -1.42. The van der Waals surface area contributed by atoms with Crippen LogP contribution >= 0.6 is 0 Å². The molecule has 0 bridgehead atoms. The van der Waals surface area contributed by atoms with Gasteiger partial charge in [0.1, 0.15) is 0 Å². The molecule has 0 unspecified atom stereocenters. The summed E-state index contributed by atoms with van der Waals surface area (Å²) < 4.78 is 37.9. The lowest BCUT2D eigenvalue weighted by molar-refractivity contribution is -0.137. The fraction of sp³-hybridized carbons (Fsp3) is 0.412. The zero-order valence-corrected chi connectivity index (χ0v) is 12.8. The van der Waals surface area contributed by atoms with Crippen molar-refractivity contribution in [3.8, 4) is 0 Å². The second kappa shape index (κ2) is 5.22. The van der Waals surface area contributed by atoms with E-state index in [0.717, 1.165) is 28.2 Å². The predicted molar refractivity (Wildman–Crippen MR) is 78.5 cm³/mol. The van der Waals surface area contributed by atoms with Crippen molar-refractivity contribution >= 4 is 17.5 Å². The van der Waals surface area contributed by atoms with Gasteiger partial charge < -0.3 is 0 Å². The molecular formula is C17H16F3NO2. The van der Waals surface area contributed by atoms with Crippen LogP contribution in [-0.2, 0) is 15.8 Å². The molecule has 122 valence electrons. The molecule has 23 heavy (non-hydrogen) atoms. The van der Waals surface area contributed by atoms with Crippen LogP contribution in [0, 0.1) is 11.8 Å². The van der Waals surface area contributed by atoms with E-state index in [1.165, 1.54) is 12.1 Å². The fourth-order valence-electron chi connectivity index (χ4n) is 3.31. The van der Waals surface area contributed by atoms with E-state index in [2.05, 4.69) is 0 Å². The normalized spacial score (nSPS) is 25.2. The summed E-state index contributed by atoms with van der Waals surface area (Å²) in [6.07, 6.45) is -3.36. The summed E-state index contributed by atoms with van der Waals surface area (Å²) in [7, 11) is 0. The molecule has 3 rings (SSSR count). The first kappa shape index (κ1) is 15.8. The Balaban J connectivity index is 1.91. The molecule has 0 aromatic heterocycles. The molecule has 1 saturated heterocycles. The molecular weight excluding hydrogens is 307 g/mol. The zero-order chi connectivity index (χ0) is 16.9. The number of carbonyl (C=O) groups is 2. The van der Waals surface area contributed by atoms with Gasteiger partial charge in [0.05, 0.1) is 23.1 Å². The number of imide groups is 1. The highest BCUT2D eigenvalue weighted by Gasteiger charge is 2.49. The number of rotatable bonds is 1. The molecule has 1 aliphatic heterocycles. The molecule has 1 aliphatic carbocycles. The molecule has 6 heteroatoms. The Hall–Kier alpha value is -2.11. The molecule has 0 spiro atoms. The summed E-state index contributed by atoms with van der Waals surface area (Å²) in [5.41, 5.74) is 1.63. The number of carbonyl (C=O) groups excluding carboxylic acids is 2. The van der Waals surface area contributed by atoms with Crippen LogP contribution in [-0.4, -0.2) is 11.8 Å². The number of anilines is 1. The van der Waals surface area contributed by atoms with E-state index in [0.29, 0.717) is 12.8 Å². The average Bonchev–Trinajstić information content (AvgIpc) is 2.71. The summed E-state index contributed by atoms with van der Waals surface area (Å²) in [5, 5.41) is 0. The number of fused-ring (bicyclic) bond motifs is 1. The average molecular weight is 323 g/mol. The number of hydrogen-bond donors (Lipinski definition) is 0. The Bertz CT molecular complexity index is 672. The van der Waals surface area contributed by atoms with Crippen LogP contribution in [0.4, 0.5) is 18.9 Å². The third kappa shape index (κ3) is 2.56. The molecule has 3 nitrogen and oxygen atoms in total. The van der Waals surface area contributed by atoms with Crippen molar-refractivity contribution in [3.63, 3.8) is 0 Å². The van der Waals surface area contributed by atoms with Gasteiger partial charge in [0.15, 0.2) is 0 Å². The molecule has 2 amide bonds. The Morgan fingerprint density at radius 3 is 1.74 bits per heavy atom. The molecule has 0 N–H and O–H groups in total. The Morgan fingerprint density at radius 2 is 1.35 bits per heavy atom. The second-order valence-corrected chi connectivity index (χ2v) is 6.24. The lowest BCUT2D eigenvalue weighted by atomic mass is 9.78. The van der Waals surface area contributed by atoms with Crippen LogP contribution in [0.5, 0.6) is 0 Å². The lowest BCUT2D eigenvalue weighted by Crippen LogP contribution is -2.30. The third-order valence-electron chi connectivity index (χ3n) is 4.79. The number of hydrogen-bond acceptors (Lipinski definition) is 2. The highest BCUT2D eigenvalue weighted by molar-refractivity contribution is 6.22. The van der Waals surface area contributed by atoms with Gasteiger partial charge in [0.25, 0.3) is 0 Å². The molecule has 0 saturated carbocycles. The van der Waals surface area contributed by atoms with Gasteiger partial charge in [-0.3, -0.25) is 14.5 Å². The van der Waals surface area contributed by atoms with Gasteiger partial charge in [-0.15, -0.1) is 0 Å². The minimum atomic E-state index is -4.44. The highest BCUT2D eigenvalue weighted by atomic mass is 19.4. The molecule has 1 heterocycles. The zero-order valence-electron chi connectivity index (χ0n) is 12.8. The van der Waals surface area contributed by atoms with Crippen LogP contribution in [0.1, 0.15) is 32.3 Å². The van der Waals surface area contributed by atoms with E-state index >= 15 is 0 Å². The van der Waals surface area contributed by atoms with Crippen molar-refractivity contribution in [1.29, 1.82) is 0 Å². The highest BCUT2D eigenvalue weighted by Crippen LogP contribution is 2.42. The van der Waals surface area contributed by atoms with Gasteiger partial charge in [0.2, 0.25) is 11.8 Å². The first-order chi connectivity index (χ1) is 10.7. The van der Waals surface area contributed by atoms with Crippen LogP contribution in [0.25, 0.3) is 0 Å². The summed E-state index contributed by atoms with van der Waals surface area (Å²) in [6, 6.07) is 4.16. The molecule has 1 fully saturated rings. The summed E-state index contributed by atoms with van der Waals surface area (Å²) in [4.78, 5) is 26.1. The van der Waals surface area contributed by atoms with Crippen molar-refractivity contribution in [2.75, 3.05) is 4.90 Å².